The molecule has 1 aromatic carbocycles. The molecule has 2 aromatic rings. The minimum absolute atomic E-state index is 0.0315. The zero-order valence-corrected chi connectivity index (χ0v) is 12.3. The van der Waals surface area contributed by atoms with E-state index < -0.39 is 10.9 Å². The predicted octanol–water partition coefficient (Wildman–Crippen LogP) is 3.55. The van der Waals surface area contributed by atoms with Gasteiger partial charge in [0, 0.05) is 16.1 Å². The molecule has 21 heavy (non-hydrogen) atoms. The second-order valence-electron chi connectivity index (χ2n) is 4.11. The van der Waals surface area contributed by atoms with E-state index in [4.69, 9.17) is 9.84 Å². The fourth-order valence-corrected chi connectivity index (χ4v) is 1.98. The van der Waals surface area contributed by atoms with E-state index in [1.165, 1.54) is 18.2 Å². The molecule has 8 heteroatoms. The molecule has 0 unspecified atom stereocenters. The first kappa shape index (κ1) is 14.9. The van der Waals surface area contributed by atoms with Crippen LogP contribution in [-0.2, 0) is 0 Å². The lowest BCUT2D eigenvalue weighted by molar-refractivity contribution is -0.385. The van der Waals surface area contributed by atoms with E-state index in [1.807, 2.05) is 0 Å². The fourth-order valence-electron chi connectivity index (χ4n) is 1.64. The zero-order chi connectivity index (χ0) is 15.6. The third-order valence-electron chi connectivity index (χ3n) is 2.64. The highest BCUT2D eigenvalue weighted by Crippen LogP contribution is 2.29. The summed E-state index contributed by atoms with van der Waals surface area (Å²) in [7, 11) is 0. The van der Waals surface area contributed by atoms with E-state index in [0.717, 1.165) is 6.20 Å². The number of carboxylic acids is 1. The smallest absolute Gasteiger partial charge is 0.339 e. The van der Waals surface area contributed by atoms with E-state index in [9.17, 15) is 14.9 Å². The maximum Gasteiger partial charge on any atom is 0.339 e. The highest BCUT2D eigenvalue weighted by Gasteiger charge is 2.16. The quantitative estimate of drug-likeness (QED) is 0.666. The lowest BCUT2D eigenvalue weighted by Crippen LogP contribution is -2.01. The molecule has 0 aliphatic carbocycles. The molecule has 2 rings (SSSR count). The first-order chi connectivity index (χ1) is 9.88. The number of nitrogens with zero attached hydrogens (tertiary/aromatic N) is 2. The maximum atomic E-state index is 11.1. The molecule has 1 aromatic heterocycles. The molecule has 0 atom stereocenters. The van der Waals surface area contributed by atoms with Crippen LogP contribution in [0.1, 0.15) is 15.9 Å². The van der Waals surface area contributed by atoms with Crippen molar-refractivity contribution in [2.75, 3.05) is 0 Å². The van der Waals surface area contributed by atoms with Gasteiger partial charge in [-0.1, -0.05) is 15.9 Å². The average molecular weight is 353 g/mol. The normalized spacial score (nSPS) is 10.2. The molecule has 0 saturated heterocycles. The molecule has 0 aliphatic rings. The van der Waals surface area contributed by atoms with Crippen molar-refractivity contribution in [1.29, 1.82) is 0 Å². The number of nitro groups is 1. The van der Waals surface area contributed by atoms with Gasteiger partial charge in [0.05, 0.1) is 4.92 Å². The number of pyridine rings is 1. The van der Waals surface area contributed by atoms with Crippen LogP contribution in [0.15, 0.2) is 34.9 Å². The van der Waals surface area contributed by atoms with Crippen LogP contribution in [0.3, 0.4) is 0 Å². The van der Waals surface area contributed by atoms with E-state index >= 15 is 0 Å². The Morgan fingerprint density at radius 1 is 1.43 bits per heavy atom. The number of carbonyl (C=O) groups is 1. The zero-order valence-electron chi connectivity index (χ0n) is 10.7. The summed E-state index contributed by atoms with van der Waals surface area (Å²) in [5, 5.41) is 19.8. The van der Waals surface area contributed by atoms with Crippen LogP contribution in [0, 0.1) is 17.0 Å². The lowest BCUT2D eigenvalue weighted by atomic mass is 10.2. The SMILES string of the molecule is Cc1cc(Oc2cc(Br)ccc2C(=O)O)ncc1[N+](=O)[O-]. The third kappa shape index (κ3) is 3.34. The highest BCUT2D eigenvalue weighted by molar-refractivity contribution is 9.10. The number of rotatable bonds is 4. The molecular weight excluding hydrogens is 344 g/mol. The van der Waals surface area contributed by atoms with Crippen molar-refractivity contribution < 1.29 is 19.6 Å². The summed E-state index contributed by atoms with van der Waals surface area (Å²) in [6, 6.07) is 5.83. The van der Waals surface area contributed by atoms with Gasteiger partial charge in [-0.3, -0.25) is 10.1 Å². The van der Waals surface area contributed by atoms with Gasteiger partial charge in [0.1, 0.15) is 17.5 Å². The summed E-state index contributed by atoms with van der Waals surface area (Å²) >= 11 is 3.22. The molecule has 0 aliphatic heterocycles. The Balaban J connectivity index is 2.38. The van der Waals surface area contributed by atoms with E-state index in [2.05, 4.69) is 20.9 Å². The molecule has 0 spiro atoms. The van der Waals surface area contributed by atoms with E-state index in [0.29, 0.717) is 10.0 Å². The molecule has 108 valence electrons. The molecule has 1 heterocycles. The van der Waals surface area contributed by atoms with E-state index in [-0.39, 0.29) is 22.9 Å². The first-order valence-corrected chi connectivity index (χ1v) is 6.49. The van der Waals surface area contributed by atoms with Gasteiger partial charge in [-0.2, -0.15) is 0 Å². The van der Waals surface area contributed by atoms with Crippen LogP contribution >= 0.6 is 15.9 Å². The van der Waals surface area contributed by atoms with Crippen molar-refractivity contribution in [1.82, 2.24) is 4.98 Å². The molecule has 0 amide bonds. The number of benzene rings is 1. The molecule has 7 nitrogen and oxygen atoms in total. The second kappa shape index (κ2) is 5.88. The molecule has 0 bridgehead atoms. The number of aryl methyl sites for hydroxylation is 1. The lowest BCUT2D eigenvalue weighted by Gasteiger charge is -2.09. The molecule has 0 radical (unpaired) electrons. The highest BCUT2D eigenvalue weighted by atomic mass is 79.9. The second-order valence-corrected chi connectivity index (χ2v) is 5.03. The van der Waals surface area contributed by atoms with Crippen molar-refractivity contribution in [2.24, 2.45) is 0 Å². The van der Waals surface area contributed by atoms with Gasteiger partial charge < -0.3 is 9.84 Å². The number of aromatic nitrogens is 1. The summed E-state index contributed by atoms with van der Waals surface area (Å²) < 4.78 is 6.06. The Kier molecular flexibility index (Phi) is 4.18. The van der Waals surface area contributed by atoms with Crippen LogP contribution in [0.25, 0.3) is 0 Å². The Hall–Kier alpha value is -2.48. The fraction of sp³-hybridized carbons (Fsp3) is 0.0769. The van der Waals surface area contributed by atoms with Gasteiger partial charge >= 0.3 is 5.97 Å². The Morgan fingerprint density at radius 2 is 2.14 bits per heavy atom. The number of hydrogen-bond donors (Lipinski definition) is 1. The number of halogens is 1. The monoisotopic (exact) mass is 352 g/mol. The van der Waals surface area contributed by atoms with Crippen LogP contribution in [-0.4, -0.2) is 21.0 Å². The van der Waals surface area contributed by atoms with Crippen molar-refractivity contribution >= 4 is 27.6 Å². The predicted molar refractivity (Wildman–Crippen MR) is 76.8 cm³/mol. The maximum absolute atomic E-state index is 11.1. The van der Waals surface area contributed by atoms with Gasteiger partial charge in [0.25, 0.3) is 5.69 Å². The van der Waals surface area contributed by atoms with Crippen LogP contribution in [0.4, 0.5) is 5.69 Å². The molecular formula is C13H9BrN2O5. The van der Waals surface area contributed by atoms with E-state index in [1.54, 1.807) is 13.0 Å². The summed E-state index contributed by atoms with van der Waals surface area (Å²) in [6.45, 7) is 1.55. The first-order valence-electron chi connectivity index (χ1n) is 5.70. The van der Waals surface area contributed by atoms with Crippen LogP contribution in [0.5, 0.6) is 11.6 Å². The number of carboxylic acid groups (broad SMARTS) is 1. The minimum Gasteiger partial charge on any atom is -0.478 e. The van der Waals surface area contributed by atoms with Gasteiger partial charge in [-0.25, -0.2) is 9.78 Å². The largest absolute Gasteiger partial charge is 0.478 e. The Morgan fingerprint density at radius 3 is 2.71 bits per heavy atom. The molecule has 0 fully saturated rings. The summed E-state index contributed by atoms with van der Waals surface area (Å²) in [4.78, 5) is 25.1. The third-order valence-corrected chi connectivity index (χ3v) is 3.14. The average Bonchev–Trinajstić information content (AvgIpc) is 2.37. The van der Waals surface area contributed by atoms with Crippen LogP contribution in [0.2, 0.25) is 0 Å². The number of ether oxygens (including phenoxy) is 1. The van der Waals surface area contributed by atoms with Gasteiger partial charge in [0.2, 0.25) is 5.88 Å². The van der Waals surface area contributed by atoms with Gasteiger partial charge in [0.15, 0.2) is 0 Å². The van der Waals surface area contributed by atoms with Crippen molar-refractivity contribution in [3.8, 4) is 11.6 Å². The van der Waals surface area contributed by atoms with Crippen LogP contribution < -0.4 is 4.74 Å². The minimum atomic E-state index is -1.14. The van der Waals surface area contributed by atoms with Crippen molar-refractivity contribution in [3.63, 3.8) is 0 Å². The topological polar surface area (TPSA) is 103 Å². The summed E-state index contributed by atoms with van der Waals surface area (Å²) in [5.74, 6) is -0.965. The number of aromatic carboxylic acids is 1. The molecule has 0 saturated carbocycles. The van der Waals surface area contributed by atoms with Crippen molar-refractivity contribution in [2.45, 2.75) is 6.92 Å². The Bertz CT molecular complexity index is 732. The number of hydrogen-bond acceptors (Lipinski definition) is 5. The Labute approximate surface area is 127 Å². The standard InChI is InChI=1S/C13H9BrN2O5/c1-7-4-12(15-6-10(7)16(19)20)21-11-5-8(14)2-3-9(11)13(17)18/h2-6H,1H3,(H,17,18). The van der Waals surface area contributed by atoms with Gasteiger partial charge in [-0.15, -0.1) is 0 Å². The summed E-state index contributed by atoms with van der Waals surface area (Å²) in [5.41, 5.74) is 0.211. The molecule has 1 N–H and O–H groups in total. The van der Waals surface area contributed by atoms with Crippen molar-refractivity contribution in [3.05, 3.63) is 56.2 Å². The summed E-state index contributed by atoms with van der Waals surface area (Å²) in [6.07, 6.45) is 1.07. The van der Waals surface area contributed by atoms with Gasteiger partial charge in [-0.05, 0) is 25.1 Å².